The molecule has 0 bridgehead atoms. The van der Waals surface area contributed by atoms with Crippen LogP contribution in [-0.4, -0.2) is 66.1 Å². The Morgan fingerprint density at radius 3 is 1.88 bits per heavy atom. The van der Waals surface area contributed by atoms with Gasteiger partial charge >= 0.3 is 0 Å². The van der Waals surface area contributed by atoms with Crippen molar-refractivity contribution < 1.29 is 14.3 Å². The molecule has 1 aromatic heterocycles. The van der Waals surface area contributed by atoms with Gasteiger partial charge in [-0.2, -0.15) is 4.98 Å². The summed E-state index contributed by atoms with van der Waals surface area (Å²) < 4.78 is 10.8. The number of carbonyl (C=O) groups excluding carboxylic acids is 1. The SMILES string of the molecule is CCCCNc1nc(N(Cc2ccc(OC)cc2)Cc2ccc(OC)cc2)nc2c1C(=O)N(Cc1ccc(CN3CCCC3)cc1)CC2. The molecule has 1 fully saturated rings. The maximum atomic E-state index is 14.1. The molecule has 3 heterocycles. The van der Waals surface area contributed by atoms with Crippen molar-refractivity contribution in [3.8, 4) is 11.5 Å². The van der Waals surface area contributed by atoms with Crippen LogP contribution in [-0.2, 0) is 32.6 Å². The Kier molecular flexibility index (Phi) is 11.1. The van der Waals surface area contributed by atoms with Gasteiger partial charge in [-0.3, -0.25) is 9.69 Å². The number of hydrogen-bond acceptors (Lipinski definition) is 8. The summed E-state index contributed by atoms with van der Waals surface area (Å²) in [5.41, 5.74) is 6.09. The minimum atomic E-state index is -0.0141. The number of ether oxygens (including phenoxy) is 2. The smallest absolute Gasteiger partial charge is 0.259 e. The predicted octanol–water partition coefficient (Wildman–Crippen LogP) is 6.71. The second-order valence-electron chi connectivity index (χ2n) is 12.8. The number of aromatic nitrogens is 2. The molecule has 4 aromatic rings. The topological polar surface area (TPSA) is 83.1 Å². The van der Waals surface area contributed by atoms with Crippen LogP contribution in [0.4, 0.5) is 11.8 Å². The van der Waals surface area contributed by atoms with Crippen LogP contribution in [0.2, 0.25) is 0 Å². The molecule has 0 saturated carbocycles. The number of likely N-dealkylation sites (tertiary alicyclic amines) is 1. The maximum Gasteiger partial charge on any atom is 0.259 e. The van der Waals surface area contributed by atoms with E-state index in [4.69, 9.17) is 19.4 Å². The van der Waals surface area contributed by atoms with Gasteiger partial charge in [-0.1, -0.05) is 61.9 Å². The van der Waals surface area contributed by atoms with E-state index in [-0.39, 0.29) is 5.91 Å². The Morgan fingerprint density at radius 1 is 0.750 bits per heavy atom. The first-order chi connectivity index (χ1) is 23.5. The molecule has 1 N–H and O–H groups in total. The third-order valence-corrected chi connectivity index (χ3v) is 9.26. The van der Waals surface area contributed by atoms with Gasteiger partial charge < -0.3 is 24.6 Å². The van der Waals surface area contributed by atoms with Gasteiger partial charge in [0.2, 0.25) is 5.95 Å². The normalized spacial score (nSPS) is 14.6. The lowest BCUT2D eigenvalue weighted by atomic mass is 10.0. The van der Waals surface area contributed by atoms with Crippen LogP contribution < -0.4 is 19.7 Å². The molecule has 48 heavy (non-hydrogen) atoms. The first kappa shape index (κ1) is 33.3. The number of nitrogens with one attached hydrogen (secondary N) is 1. The highest BCUT2D eigenvalue weighted by Gasteiger charge is 2.31. The number of carbonyl (C=O) groups is 1. The highest BCUT2D eigenvalue weighted by Crippen LogP contribution is 2.29. The van der Waals surface area contributed by atoms with Crippen molar-refractivity contribution in [2.45, 2.75) is 65.2 Å². The average molecular weight is 649 g/mol. The minimum Gasteiger partial charge on any atom is -0.497 e. The number of benzene rings is 3. The summed E-state index contributed by atoms with van der Waals surface area (Å²) in [7, 11) is 3.35. The van der Waals surface area contributed by atoms with Gasteiger partial charge in [0.25, 0.3) is 5.91 Å². The fourth-order valence-corrected chi connectivity index (χ4v) is 6.47. The molecule has 0 unspecified atom stereocenters. The lowest BCUT2D eigenvalue weighted by molar-refractivity contribution is 0.0725. The van der Waals surface area contributed by atoms with Crippen LogP contribution in [0.15, 0.2) is 72.8 Å². The van der Waals surface area contributed by atoms with Gasteiger partial charge in [0.15, 0.2) is 0 Å². The van der Waals surface area contributed by atoms with Gasteiger partial charge in [-0.25, -0.2) is 4.98 Å². The van der Waals surface area contributed by atoms with Gasteiger partial charge in [-0.15, -0.1) is 0 Å². The number of unbranched alkanes of at least 4 members (excludes halogenated alkanes) is 1. The van der Waals surface area contributed by atoms with Crippen LogP contribution in [0.25, 0.3) is 0 Å². The zero-order chi connectivity index (χ0) is 33.3. The van der Waals surface area contributed by atoms with E-state index >= 15 is 0 Å². The van der Waals surface area contributed by atoms with Crippen molar-refractivity contribution in [1.82, 2.24) is 19.8 Å². The second-order valence-corrected chi connectivity index (χ2v) is 12.8. The van der Waals surface area contributed by atoms with Crippen molar-refractivity contribution in [3.05, 3.63) is 106 Å². The lowest BCUT2D eigenvalue weighted by Gasteiger charge is -2.31. The molecule has 2 aliphatic rings. The van der Waals surface area contributed by atoms with Crippen molar-refractivity contribution in [3.63, 3.8) is 0 Å². The largest absolute Gasteiger partial charge is 0.497 e. The van der Waals surface area contributed by atoms with E-state index in [9.17, 15) is 4.79 Å². The highest BCUT2D eigenvalue weighted by molar-refractivity contribution is 6.01. The second kappa shape index (κ2) is 16.0. The third-order valence-electron chi connectivity index (χ3n) is 9.26. The Labute approximate surface area is 284 Å². The molecule has 1 saturated heterocycles. The number of rotatable bonds is 15. The lowest BCUT2D eigenvalue weighted by Crippen LogP contribution is -2.39. The molecule has 0 aliphatic carbocycles. The molecule has 9 heteroatoms. The Morgan fingerprint density at radius 2 is 1.31 bits per heavy atom. The fourth-order valence-electron chi connectivity index (χ4n) is 6.47. The Bertz CT molecular complexity index is 1590. The van der Waals surface area contributed by atoms with Crippen LogP contribution in [0.1, 0.15) is 70.9 Å². The number of hydrogen-bond donors (Lipinski definition) is 1. The van der Waals surface area contributed by atoms with E-state index in [1.165, 1.54) is 31.5 Å². The van der Waals surface area contributed by atoms with Gasteiger partial charge in [0, 0.05) is 45.7 Å². The summed E-state index contributed by atoms with van der Waals surface area (Å²) in [6.07, 6.45) is 5.28. The molecule has 0 spiro atoms. The van der Waals surface area contributed by atoms with Gasteiger partial charge in [0.05, 0.1) is 19.9 Å². The van der Waals surface area contributed by atoms with E-state index in [0.29, 0.717) is 49.9 Å². The maximum absolute atomic E-state index is 14.1. The number of anilines is 2. The average Bonchev–Trinajstić information content (AvgIpc) is 3.63. The van der Waals surface area contributed by atoms with Crippen LogP contribution in [0.5, 0.6) is 11.5 Å². The fraction of sp³-hybridized carbons (Fsp3) is 0.410. The molecule has 0 radical (unpaired) electrons. The zero-order valence-corrected chi connectivity index (χ0v) is 28.6. The quantitative estimate of drug-likeness (QED) is 0.143. The van der Waals surface area contributed by atoms with Crippen molar-refractivity contribution in [1.29, 1.82) is 0 Å². The Hall–Kier alpha value is -4.63. The highest BCUT2D eigenvalue weighted by atomic mass is 16.5. The summed E-state index contributed by atoms with van der Waals surface area (Å²) in [6.45, 7) is 8.64. The molecule has 0 atom stereocenters. The van der Waals surface area contributed by atoms with E-state index in [1.807, 2.05) is 29.2 Å². The first-order valence-electron chi connectivity index (χ1n) is 17.3. The van der Waals surface area contributed by atoms with Crippen LogP contribution >= 0.6 is 0 Å². The van der Waals surface area contributed by atoms with Gasteiger partial charge in [0.1, 0.15) is 22.9 Å². The van der Waals surface area contributed by atoms with Crippen molar-refractivity contribution in [2.24, 2.45) is 0 Å². The molecule has 1 amide bonds. The molecular weight excluding hydrogens is 600 g/mol. The molecular formula is C39H48N6O3. The third kappa shape index (κ3) is 8.26. The first-order valence-corrected chi connectivity index (χ1v) is 17.3. The minimum absolute atomic E-state index is 0.0141. The number of amides is 1. The van der Waals surface area contributed by atoms with E-state index in [0.717, 1.165) is 59.8 Å². The molecule has 6 rings (SSSR count). The van der Waals surface area contributed by atoms with Crippen molar-refractivity contribution >= 4 is 17.7 Å². The molecule has 9 nitrogen and oxygen atoms in total. The number of methoxy groups -OCH3 is 2. The Balaban J connectivity index is 1.26. The monoisotopic (exact) mass is 648 g/mol. The van der Waals surface area contributed by atoms with Crippen LogP contribution in [0.3, 0.4) is 0 Å². The molecule has 252 valence electrons. The van der Waals surface area contributed by atoms with E-state index in [1.54, 1.807) is 14.2 Å². The van der Waals surface area contributed by atoms with E-state index < -0.39 is 0 Å². The summed E-state index contributed by atoms with van der Waals surface area (Å²) >= 11 is 0. The molecule has 2 aliphatic heterocycles. The van der Waals surface area contributed by atoms with Gasteiger partial charge in [-0.05, 0) is 78.9 Å². The standard InChI is InChI=1S/C39H48N6O3/c1-4-5-21-40-37-36-35(20-24-44(38(36)46)26-30-10-8-29(9-11-30)25-43-22-6-7-23-43)41-39(42-37)45(27-31-12-16-33(47-2)17-13-31)28-32-14-18-34(48-3)19-15-32/h8-19H,4-7,20-28H2,1-3H3,(H,40,41,42). The zero-order valence-electron chi connectivity index (χ0n) is 28.6. The summed E-state index contributed by atoms with van der Waals surface area (Å²) in [6, 6.07) is 24.9. The van der Waals surface area contributed by atoms with Crippen molar-refractivity contribution in [2.75, 3.05) is 50.6 Å². The summed E-state index contributed by atoms with van der Waals surface area (Å²) in [5.74, 6) is 2.84. The summed E-state index contributed by atoms with van der Waals surface area (Å²) in [4.78, 5) is 30.9. The number of fused-ring (bicyclic) bond motifs is 1. The van der Waals surface area contributed by atoms with Crippen LogP contribution in [0, 0.1) is 0 Å². The predicted molar refractivity (Wildman–Crippen MR) is 191 cm³/mol. The van der Waals surface area contributed by atoms with E-state index in [2.05, 4.69) is 70.6 Å². The summed E-state index contributed by atoms with van der Waals surface area (Å²) in [5, 5.41) is 3.52. The molecule has 3 aromatic carbocycles. The number of nitrogens with zero attached hydrogens (tertiary/aromatic N) is 5.